The fraction of sp³-hybridized carbons (Fsp3) is 0.649. The van der Waals surface area contributed by atoms with Crippen LogP contribution in [0.2, 0.25) is 0 Å². The van der Waals surface area contributed by atoms with Gasteiger partial charge in [-0.2, -0.15) is 0 Å². The van der Waals surface area contributed by atoms with E-state index in [1.807, 2.05) is 68.1 Å². The van der Waals surface area contributed by atoms with Crippen molar-refractivity contribution in [2.75, 3.05) is 47.9 Å². The zero-order valence-electron chi connectivity index (χ0n) is 30.8. The molecule has 1 N–H and O–H groups in total. The second kappa shape index (κ2) is 24.6. The summed E-state index contributed by atoms with van der Waals surface area (Å²) < 4.78 is 13.2. The van der Waals surface area contributed by atoms with Crippen LogP contribution >= 0.6 is 0 Å². The van der Waals surface area contributed by atoms with Gasteiger partial charge in [-0.15, -0.1) is 0 Å². The number of hydrogen-bond acceptors (Lipinski definition) is 9. The Hall–Kier alpha value is -3.57. The molecule has 0 bridgehead atoms. The predicted molar refractivity (Wildman–Crippen MR) is 195 cm³/mol. The van der Waals surface area contributed by atoms with E-state index in [0.29, 0.717) is 36.5 Å². The maximum Gasteiger partial charge on any atom is 0.329 e. The zero-order valence-corrected chi connectivity index (χ0v) is 30.8. The maximum atomic E-state index is 12.5. The third-order valence-corrected chi connectivity index (χ3v) is 6.90. The second-order valence-corrected chi connectivity index (χ2v) is 12.7. The Bertz CT molecular complexity index is 1360. The van der Waals surface area contributed by atoms with Gasteiger partial charge in [0.15, 0.2) is 0 Å². The summed E-state index contributed by atoms with van der Waals surface area (Å²) in [5.41, 5.74) is 2.64. The largest absolute Gasteiger partial charge is 0.464 e. The molecule has 0 saturated heterocycles. The van der Waals surface area contributed by atoms with Crippen LogP contribution < -0.4 is 16.4 Å². The minimum Gasteiger partial charge on any atom is -0.464 e. The summed E-state index contributed by atoms with van der Waals surface area (Å²) in [7, 11) is 7.78. The number of aldehydes is 1. The van der Waals surface area contributed by atoms with Crippen LogP contribution in [0.3, 0.4) is 0 Å². The Kier molecular flexibility index (Phi) is 23.8. The van der Waals surface area contributed by atoms with Crippen molar-refractivity contribution in [1.29, 1.82) is 0 Å². The number of rotatable bonds is 15. The lowest BCUT2D eigenvalue weighted by atomic mass is 10.0. The Balaban J connectivity index is 0. The number of pyridine rings is 2. The highest BCUT2D eigenvalue weighted by atomic mass is 16.5. The summed E-state index contributed by atoms with van der Waals surface area (Å²) in [5.74, 6) is -0.202. The number of aromatic nitrogens is 2. The van der Waals surface area contributed by atoms with E-state index in [2.05, 4.69) is 10.2 Å². The number of ether oxygens (including phenoxy) is 2. The van der Waals surface area contributed by atoms with Gasteiger partial charge in [-0.25, -0.2) is 9.59 Å². The molecule has 0 spiro atoms. The van der Waals surface area contributed by atoms with Gasteiger partial charge in [0.1, 0.15) is 18.4 Å². The van der Waals surface area contributed by atoms with Gasteiger partial charge in [0.25, 0.3) is 11.1 Å². The molecule has 0 aliphatic rings. The monoisotopic (exact) mass is 676 g/mol. The van der Waals surface area contributed by atoms with Gasteiger partial charge < -0.3 is 33.6 Å². The van der Waals surface area contributed by atoms with Crippen molar-refractivity contribution in [1.82, 2.24) is 19.4 Å². The van der Waals surface area contributed by atoms with Crippen molar-refractivity contribution in [3.8, 4) is 0 Å². The summed E-state index contributed by atoms with van der Waals surface area (Å²) in [4.78, 5) is 62.1. The molecule has 0 aromatic carbocycles. The molecule has 2 atom stereocenters. The predicted octanol–water partition coefficient (Wildman–Crippen LogP) is 4.93. The van der Waals surface area contributed by atoms with Gasteiger partial charge >= 0.3 is 11.9 Å². The van der Waals surface area contributed by atoms with Gasteiger partial charge in [-0.3, -0.25) is 9.59 Å². The molecular weight excluding hydrogens is 612 g/mol. The number of carbonyl (C=O) groups is 3. The fourth-order valence-electron chi connectivity index (χ4n) is 4.81. The molecule has 2 heterocycles. The first-order valence-electron chi connectivity index (χ1n) is 16.5. The van der Waals surface area contributed by atoms with E-state index in [-0.39, 0.29) is 43.5 Å². The summed E-state index contributed by atoms with van der Waals surface area (Å²) in [6.45, 7) is 16.6. The quantitative estimate of drug-likeness (QED) is 0.206. The molecule has 0 radical (unpaired) electrons. The SMILES string of the molecule is C.CCOC(=O)C(CC(C)C)n1cc(CC=O)cc(C)c1=O.CCOC(=O)C(CC(C)C)n1cc(CCN(C)C)cc(C)c1=O.CNC. The number of hydrogen-bond donors (Lipinski definition) is 1. The molecule has 0 amide bonds. The van der Waals surface area contributed by atoms with Crippen LogP contribution in [0.25, 0.3) is 0 Å². The van der Waals surface area contributed by atoms with Crippen LogP contribution in [0.5, 0.6) is 0 Å². The van der Waals surface area contributed by atoms with E-state index >= 15 is 0 Å². The van der Waals surface area contributed by atoms with Crippen molar-refractivity contribution in [3.63, 3.8) is 0 Å². The Morgan fingerprint density at radius 1 is 0.812 bits per heavy atom. The first-order valence-corrected chi connectivity index (χ1v) is 16.5. The molecule has 2 aromatic heterocycles. The van der Waals surface area contributed by atoms with Crippen molar-refractivity contribution < 1.29 is 23.9 Å². The number of likely N-dealkylation sites (N-methyl/N-ethyl adjacent to an activating group) is 1. The van der Waals surface area contributed by atoms with E-state index < -0.39 is 18.1 Å². The molecule has 2 rings (SSSR count). The molecule has 11 heteroatoms. The Morgan fingerprint density at radius 3 is 1.52 bits per heavy atom. The molecule has 0 aliphatic carbocycles. The van der Waals surface area contributed by atoms with Gasteiger partial charge in [0.2, 0.25) is 0 Å². The number of nitrogens with one attached hydrogen (secondary N) is 1. The summed E-state index contributed by atoms with van der Waals surface area (Å²) >= 11 is 0. The summed E-state index contributed by atoms with van der Waals surface area (Å²) in [6.07, 6.45) is 6.36. The highest BCUT2D eigenvalue weighted by Gasteiger charge is 2.26. The minimum atomic E-state index is -0.650. The van der Waals surface area contributed by atoms with Crippen LogP contribution in [0.1, 0.15) is 96.1 Å². The van der Waals surface area contributed by atoms with Crippen LogP contribution in [0, 0.1) is 25.7 Å². The first kappa shape index (κ1) is 46.5. The van der Waals surface area contributed by atoms with Crippen molar-refractivity contribution in [2.45, 2.75) is 101 Å². The number of nitrogens with zero attached hydrogens (tertiary/aromatic N) is 3. The maximum absolute atomic E-state index is 12.5. The number of aryl methyl sites for hydroxylation is 2. The highest BCUT2D eigenvalue weighted by Crippen LogP contribution is 2.20. The van der Waals surface area contributed by atoms with Crippen molar-refractivity contribution in [3.05, 3.63) is 67.5 Å². The standard InChI is InChI=1S/C18H30N2O3.C16H23NO4.C2H7N.CH4/c1-7-23-18(22)16(10-13(2)3)20-12-15(8-9-19(5)6)11-14(4)17(20)21;1-5-21-16(20)14(8-11(2)3)17-10-13(6-7-18)9-12(4)15(17)19;1-3-2;/h11-13,16H,7-10H2,1-6H3;7,9-11,14H,5-6,8H2,1-4H3;3H,1-2H3;1H4. The second-order valence-electron chi connectivity index (χ2n) is 12.7. The number of carbonyl (C=O) groups excluding carboxylic acids is 3. The fourth-order valence-corrected chi connectivity index (χ4v) is 4.81. The van der Waals surface area contributed by atoms with Crippen LogP contribution in [0.15, 0.2) is 34.1 Å². The van der Waals surface area contributed by atoms with Gasteiger partial charge in [-0.1, -0.05) is 35.1 Å². The average Bonchev–Trinajstić information content (AvgIpc) is 2.98. The van der Waals surface area contributed by atoms with Crippen LogP contribution in [0.4, 0.5) is 0 Å². The van der Waals surface area contributed by atoms with Crippen molar-refractivity contribution in [2.24, 2.45) is 11.8 Å². The van der Waals surface area contributed by atoms with Crippen LogP contribution in [-0.4, -0.2) is 80.2 Å². The number of esters is 2. The Morgan fingerprint density at radius 2 is 1.19 bits per heavy atom. The molecule has 2 aromatic rings. The molecule has 2 unspecified atom stereocenters. The molecular formula is C37H64N4O7. The van der Waals surface area contributed by atoms with E-state index in [9.17, 15) is 24.0 Å². The zero-order chi connectivity index (χ0) is 36.3. The first-order chi connectivity index (χ1) is 22.1. The lowest BCUT2D eigenvalue weighted by molar-refractivity contribution is -0.148. The third-order valence-electron chi connectivity index (χ3n) is 6.90. The third kappa shape index (κ3) is 16.5. The summed E-state index contributed by atoms with van der Waals surface area (Å²) in [6, 6.07) is 2.40. The van der Waals surface area contributed by atoms with E-state index in [4.69, 9.17) is 9.47 Å². The molecule has 48 heavy (non-hydrogen) atoms. The molecule has 274 valence electrons. The highest BCUT2D eigenvalue weighted by molar-refractivity contribution is 5.74. The molecule has 0 saturated carbocycles. The van der Waals surface area contributed by atoms with Gasteiger partial charge in [-0.05, 0) is 110 Å². The van der Waals surface area contributed by atoms with E-state index in [1.165, 1.54) is 4.57 Å². The average molecular weight is 677 g/mol. The summed E-state index contributed by atoms with van der Waals surface area (Å²) in [5, 5.41) is 2.75. The van der Waals surface area contributed by atoms with E-state index in [1.54, 1.807) is 44.5 Å². The van der Waals surface area contributed by atoms with E-state index in [0.717, 1.165) is 30.4 Å². The van der Waals surface area contributed by atoms with Gasteiger partial charge in [0, 0.05) is 36.5 Å². The topological polar surface area (TPSA) is 129 Å². The van der Waals surface area contributed by atoms with Crippen LogP contribution in [-0.2, 0) is 36.7 Å². The minimum absolute atomic E-state index is 0. The molecule has 0 fully saturated rings. The Labute approximate surface area is 289 Å². The lowest BCUT2D eigenvalue weighted by Gasteiger charge is -2.22. The van der Waals surface area contributed by atoms with Crippen molar-refractivity contribution >= 4 is 18.2 Å². The lowest BCUT2D eigenvalue weighted by Crippen LogP contribution is -2.33. The normalized spacial score (nSPS) is 11.8. The smallest absolute Gasteiger partial charge is 0.329 e. The molecule has 0 aliphatic heterocycles. The van der Waals surface area contributed by atoms with Gasteiger partial charge in [0.05, 0.1) is 13.2 Å². The molecule has 11 nitrogen and oxygen atoms in total.